The fraction of sp³-hybridized carbons (Fsp3) is 0.929. The van der Waals surface area contributed by atoms with Crippen LogP contribution < -0.4 is 5.32 Å². The van der Waals surface area contributed by atoms with E-state index in [2.05, 4.69) is 19.2 Å². The third-order valence-corrected chi connectivity index (χ3v) is 3.11. The molecule has 0 aliphatic carbocycles. The largest absolute Gasteiger partial charge is 0.389 e. The third kappa shape index (κ3) is 6.65. The summed E-state index contributed by atoms with van der Waals surface area (Å²) < 4.78 is 10.6. The molecule has 1 fully saturated rings. The lowest BCUT2D eigenvalue weighted by molar-refractivity contribution is -0.137. The molecule has 0 spiro atoms. The van der Waals surface area contributed by atoms with Gasteiger partial charge in [-0.3, -0.25) is 4.79 Å². The van der Waals surface area contributed by atoms with Crippen molar-refractivity contribution < 1.29 is 19.4 Å². The molecule has 0 saturated carbocycles. The minimum Gasteiger partial charge on any atom is -0.389 e. The molecule has 6 nitrogen and oxygen atoms in total. The van der Waals surface area contributed by atoms with E-state index in [4.69, 9.17) is 9.47 Å². The molecular formula is C14H28N2O4. The predicted octanol–water partition coefficient (Wildman–Crippen LogP) is -0.143. The Morgan fingerprint density at radius 2 is 1.95 bits per heavy atom. The number of carbonyl (C=O) groups excluding carboxylic acids is 1. The molecule has 118 valence electrons. The normalized spacial score (nSPS) is 19.1. The lowest BCUT2D eigenvalue weighted by Crippen LogP contribution is -2.50. The quantitative estimate of drug-likeness (QED) is 0.650. The Morgan fingerprint density at radius 3 is 2.55 bits per heavy atom. The van der Waals surface area contributed by atoms with Gasteiger partial charge in [-0.05, 0) is 12.8 Å². The maximum Gasteiger partial charge on any atom is 0.239 e. The number of hydrogen-bond donors (Lipinski definition) is 2. The van der Waals surface area contributed by atoms with Crippen molar-refractivity contribution in [3.05, 3.63) is 0 Å². The van der Waals surface area contributed by atoms with Crippen molar-refractivity contribution in [3.8, 4) is 0 Å². The van der Waals surface area contributed by atoms with Crippen LogP contribution in [0, 0.1) is 5.92 Å². The van der Waals surface area contributed by atoms with E-state index in [-0.39, 0.29) is 11.9 Å². The second kappa shape index (κ2) is 9.28. The van der Waals surface area contributed by atoms with Crippen LogP contribution in [0.25, 0.3) is 0 Å². The zero-order valence-electron chi connectivity index (χ0n) is 12.8. The van der Waals surface area contributed by atoms with Crippen LogP contribution in [0.15, 0.2) is 0 Å². The van der Waals surface area contributed by atoms with Crippen molar-refractivity contribution >= 4 is 5.91 Å². The van der Waals surface area contributed by atoms with Gasteiger partial charge in [0.2, 0.25) is 5.91 Å². The highest BCUT2D eigenvalue weighted by atomic mass is 16.5. The second-order valence-corrected chi connectivity index (χ2v) is 5.65. The summed E-state index contributed by atoms with van der Waals surface area (Å²) in [5.74, 6) is 0.514. The van der Waals surface area contributed by atoms with Gasteiger partial charge in [0.25, 0.3) is 0 Å². The monoisotopic (exact) mass is 288 g/mol. The third-order valence-electron chi connectivity index (χ3n) is 3.11. The first kappa shape index (κ1) is 17.4. The van der Waals surface area contributed by atoms with E-state index in [0.717, 1.165) is 0 Å². The molecule has 1 amide bonds. The van der Waals surface area contributed by atoms with Crippen molar-refractivity contribution in [2.75, 3.05) is 46.1 Å². The van der Waals surface area contributed by atoms with Gasteiger partial charge in [-0.15, -0.1) is 0 Å². The maximum absolute atomic E-state index is 12.1. The summed E-state index contributed by atoms with van der Waals surface area (Å²) in [4.78, 5) is 13.9. The van der Waals surface area contributed by atoms with Gasteiger partial charge in [-0.1, -0.05) is 13.8 Å². The lowest BCUT2D eigenvalue weighted by atomic mass is 10.2. The predicted molar refractivity (Wildman–Crippen MR) is 76.5 cm³/mol. The molecule has 1 rings (SSSR count). The number of carbonyl (C=O) groups is 1. The van der Waals surface area contributed by atoms with E-state index in [1.54, 1.807) is 4.90 Å². The molecule has 1 saturated heterocycles. The van der Waals surface area contributed by atoms with Crippen molar-refractivity contribution in [3.63, 3.8) is 0 Å². The summed E-state index contributed by atoms with van der Waals surface area (Å²) >= 11 is 0. The summed E-state index contributed by atoms with van der Waals surface area (Å²) in [5.41, 5.74) is 0. The highest BCUT2D eigenvalue weighted by Gasteiger charge is 2.22. The number of ether oxygens (including phenoxy) is 2. The van der Waals surface area contributed by atoms with Gasteiger partial charge in [0.1, 0.15) is 0 Å². The fourth-order valence-electron chi connectivity index (χ4n) is 1.96. The van der Waals surface area contributed by atoms with Gasteiger partial charge >= 0.3 is 0 Å². The van der Waals surface area contributed by atoms with E-state index in [1.807, 2.05) is 6.92 Å². The highest BCUT2D eigenvalue weighted by Crippen LogP contribution is 2.01. The minimum atomic E-state index is -0.589. The van der Waals surface area contributed by atoms with Crippen molar-refractivity contribution in [1.29, 1.82) is 0 Å². The number of hydrogen-bond acceptors (Lipinski definition) is 5. The molecule has 20 heavy (non-hydrogen) atoms. The van der Waals surface area contributed by atoms with E-state index >= 15 is 0 Å². The number of rotatable bonds is 8. The Bertz CT molecular complexity index is 280. The van der Waals surface area contributed by atoms with E-state index < -0.39 is 6.10 Å². The number of aliphatic hydroxyl groups excluding tert-OH is 1. The molecule has 0 aromatic heterocycles. The standard InChI is InChI=1S/C14H28N2O4/c1-11(2)9-20-10-13(17)8-15-12(3)14(18)16-4-6-19-7-5-16/h11-13,15,17H,4-10H2,1-3H3. The Balaban J connectivity index is 2.17. The Hall–Kier alpha value is -0.690. The van der Waals surface area contributed by atoms with Gasteiger partial charge < -0.3 is 24.8 Å². The van der Waals surface area contributed by atoms with Crippen LogP contribution in [0.2, 0.25) is 0 Å². The van der Waals surface area contributed by atoms with Crippen molar-refractivity contribution in [1.82, 2.24) is 10.2 Å². The number of morpholine rings is 1. The molecule has 6 heteroatoms. The SMILES string of the molecule is CC(C)COCC(O)CNC(C)C(=O)N1CCOCC1. The molecule has 0 aromatic rings. The van der Waals surface area contributed by atoms with Gasteiger partial charge in [-0.25, -0.2) is 0 Å². The Kier molecular flexibility index (Phi) is 8.06. The second-order valence-electron chi connectivity index (χ2n) is 5.65. The average Bonchev–Trinajstić information content (AvgIpc) is 2.44. The molecule has 0 bridgehead atoms. The number of nitrogens with one attached hydrogen (secondary N) is 1. The van der Waals surface area contributed by atoms with Crippen LogP contribution in [0.5, 0.6) is 0 Å². The van der Waals surface area contributed by atoms with Crippen LogP contribution in [0.3, 0.4) is 0 Å². The van der Waals surface area contributed by atoms with Crippen LogP contribution in [0.4, 0.5) is 0 Å². The molecule has 0 aromatic carbocycles. The summed E-state index contributed by atoms with van der Waals surface area (Å²) in [7, 11) is 0. The molecule has 2 N–H and O–H groups in total. The van der Waals surface area contributed by atoms with Gasteiger partial charge in [0, 0.05) is 26.2 Å². The molecular weight excluding hydrogens is 260 g/mol. The van der Waals surface area contributed by atoms with Crippen LogP contribution in [0.1, 0.15) is 20.8 Å². The van der Waals surface area contributed by atoms with Crippen LogP contribution in [-0.4, -0.2) is 74.1 Å². The zero-order valence-corrected chi connectivity index (χ0v) is 12.8. The lowest BCUT2D eigenvalue weighted by Gasteiger charge is -2.29. The number of aliphatic hydroxyl groups is 1. The topological polar surface area (TPSA) is 71.0 Å². The molecule has 2 atom stereocenters. The first-order valence-corrected chi connectivity index (χ1v) is 7.36. The van der Waals surface area contributed by atoms with Gasteiger partial charge in [0.15, 0.2) is 0 Å². The first-order valence-electron chi connectivity index (χ1n) is 7.36. The summed E-state index contributed by atoms with van der Waals surface area (Å²) in [6.07, 6.45) is -0.589. The molecule has 1 aliphatic heterocycles. The highest BCUT2D eigenvalue weighted by molar-refractivity contribution is 5.81. The van der Waals surface area contributed by atoms with E-state index in [0.29, 0.717) is 52.0 Å². The smallest absolute Gasteiger partial charge is 0.239 e. The average molecular weight is 288 g/mol. The van der Waals surface area contributed by atoms with Gasteiger partial charge in [0.05, 0.1) is 32.0 Å². The van der Waals surface area contributed by atoms with Crippen molar-refractivity contribution in [2.45, 2.75) is 32.9 Å². The van der Waals surface area contributed by atoms with Crippen LogP contribution >= 0.6 is 0 Å². The zero-order chi connectivity index (χ0) is 15.0. The Labute approximate surface area is 121 Å². The Morgan fingerprint density at radius 1 is 1.30 bits per heavy atom. The molecule has 1 aliphatic rings. The van der Waals surface area contributed by atoms with E-state index in [1.165, 1.54) is 0 Å². The first-order chi connectivity index (χ1) is 9.50. The van der Waals surface area contributed by atoms with E-state index in [9.17, 15) is 9.90 Å². The van der Waals surface area contributed by atoms with Gasteiger partial charge in [-0.2, -0.15) is 0 Å². The summed E-state index contributed by atoms with van der Waals surface area (Å²) in [5, 5.41) is 12.8. The number of nitrogens with zero attached hydrogens (tertiary/aromatic N) is 1. The van der Waals surface area contributed by atoms with Crippen molar-refractivity contribution in [2.24, 2.45) is 5.92 Å². The fourth-order valence-corrected chi connectivity index (χ4v) is 1.96. The maximum atomic E-state index is 12.1. The van der Waals surface area contributed by atoms with Crippen LogP contribution in [-0.2, 0) is 14.3 Å². The molecule has 2 unspecified atom stereocenters. The molecule has 1 heterocycles. The number of amides is 1. The summed E-state index contributed by atoms with van der Waals surface area (Å²) in [6.45, 7) is 9.73. The summed E-state index contributed by atoms with van der Waals surface area (Å²) in [6, 6.07) is -0.298. The molecule has 0 radical (unpaired) electrons. The minimum absolute atomic E-state index is 0.0589.